The molecule has 0 radical (unpaired) electrons. The van der Waals surface area contributed by atoms with Gasteiger partial charge in [0.05, 0.1) is 16.7 Å². The van der Waals surface area contributed by atoms with Gasteiger partial charge in [-0.2, -0.15) is 0 Å². The standard InChI is InChI=1S/C15H20Cl2N2O2/c1-21-10-15(4-6-18-7-5-15)9-19-14(20)11-2-3-12(16)13(17)8-11/h2-3,8,18H,4-7,9-10H2,1H3,(H,19,20). The van der Waals surface area contributed by atoms with Crippen molar-refractivity contribution < 1.29 is 9.53 Å². The van der Waals surface area contributed by atoms with E-state index < -0.39 is 0 Å². The van der Waals surface area contributed by atoms with Crippen molar-refractivity contribution in [1.82, 2.24) is 10.6 Å². The predicted molar refractivity (Wildman–Crippen MR) is 85.2 cm³/mol. The van der Waals surface area contributed by atoms with Gasteiger partial charge in [-0.25, -0.2) is 0 Å². The summed E-state index contributed by atoms with van der Waals surface area (Å²) in [4.78, 5) is 12.2. The topological polar surface area (TPSA) is 50.4 Å². The number of hydrogen-bond donors (Lipinski definition) is 2. The average molecular weight is 331 g/mol. The van der Waals surface area contributed by atoms with Crippen LogP contribution >= 0.6 is 23.2 Å². The molecule has 0 atom stereocenters. The number of methoxy groups -OCH3 is 1. The van der Waals surface area contributed by atoms with Gasteiger partial charge in [0.25, 0.3) is 5.91 Å². The summed E-state index contributed by atoms with van der Waals surface area (Å²) in [6.07, 6.45) is 1.98. The van der Waals surface area contributed by atoms with Crippen LogP contribution in [0.25, 0.3) is 0 Å². The van der Waals surface area contributed by atoms with Gasteiger partial charge in [0.15, 0.2) is 0 Å². The first-order valence-electron chi connectivity index (χ1n) is 6.99. The van der Waals surface area contributed by atoms with E-state index in [1.54, 1.807) is 25.3 Å². The number of piperidine rings is 1. The number of rotatable bonds is 5. The summed E-state index contributed by atoms with van der Waals surface area (Å²) in [5.41, 5.74) is 0.525. The second-order valence-electron chi connectivity index (χ2n) is 5.49. The number of amides is 1. The van der Waals surface area contributed by atoms with Crippen molar-refractivity contribution in [2.75, 3.05) is 33.4 Å². The smallest absolute Gasteiger partial charge is 0.251 e. The number of carbonyl (C=O) groups excluding carboxylic acids is 1. The molecule has 1 aliphatic heterocycles. The number of ether oxygens (including phenoxy) is 1. The second-order valence-corrected chi connectivity index (χ2v) is 6.31. The Balaban J connectivity index is 1.99. The maximum absolute atomic E-state index is 12.2. The van der Waals surface area contributed by atoms with E-state index in [1.807, 2.05) is 0 Å². The van der Waals surface area contributed by atoms with Gasteiger partial charge in [0.1, 0.15) is 0 Å². The van der Waals surface area contributed by atoms with Gasteiger partial charge in [0.2, 0.25) is 0 Å². The quantitative estimate of drug-likeness (QED) is 0.872. The van der Waals surface area contributed by atoms with Gasteiger partial charge in [-0.15, -0.1) is 0 Å². The lowest BCUT2D eigenvalue weighted by Crippen LogP contribution is -2.47. The zero-order valence-electron chi connectivity index (χ0n) is 12.0. The molecule has 116 valence electrons. The monoisotopic (exact) mass is 330 g/mol. The molecule has 0 saturated carbocycles. The fourth-order valence-corrected chi connectivity index (χ4v) is 2.94. The van der Waals surface area contributed by atoms with E-state index in [9.17, 15) is 4.79 Å². The van der Waals surface area contributed by atoms with Gasteiger partial charge >= 0.3 is 0 Å². The van der Waals surface area contributed by atoms with Crippen molar-refractivity contribution in [1.29, 1.82) is 0 Å². The third-order valence-corrected chi connectivity index (χ3v) is 4.66. The molecule has 1 heterocycles. The molecule has 2 N–H and O–H groups in total. The molecule has 1 aliphatic rings. The lowest BCUT2D eigenvalue weighted by molar-refractivity contribution is 0.0512. The molecule has 0 bridgehead atoms. The minimum Gasteiger partial charge on any atom is -0.384 e. The normalized spacial score (nSPS) is 17.5. The number of halogens is 2. The Kier molecular flexibility index (Phi) is 5.88. The summed E-state index contributed by atoms with van der Waals surface area (Å²) in [6.45, 7) is 3.15. The van der Waals surface area contributed by atoms with Crippen LogP contribution < -0.4 is 10.6 Å². The Morgan fingerprint density at radius 1 is 1.33 bits per heavy atom. The first-order valence-corrected chi connectivity index (χ1v) is 7.75. The van der Waals surface area contributed by atoms with Crippen molar-refractivity contribution in [3.05, 3.63) is 33.8 Å². The van der Waals surface area contributed by atoms with Crippen LogP contribution in [-0.2, 0) is 4.74 Å². The molecule has 0 aliphatic carbocycles. The van der Waals surface area contributed by atoms with E-state index in [0.29, 0.717) is 28.8 Å². The highest BCUT2D eigenvalue weighted by atomic mass is 35.5. The summed E-state index contributed by atoms with van der Waals surface area (Å²) in [6, 6.07) is 4.90. The fraction of sp³-hybridized carbons (Fsp3) is 0.533. The lowest BCUT2D eigenvalue weighted by Gasteiger charge is -2.37. The minimum absolute atomic E-state index is 0.00583. The Morgan fingerprint density at radius 3 is 2.67 bits per heavy atom. The lowest BCUT2D eigenvalue weighted by atomic mass is 9.79. The molecule has 4 nitrogen and oxygen atoms in total. The predicted octanol–water partition coefficient (Wildman–Crippen LogP) is 2.74. The van der Waals surface area contributed by atoms with E-state index in [-0.39, 0.29) is 11.3 Å². The van der Waals surface area contributed by atoms with E-state index in [1.165, 1.54) is 0 Å². The number of carbonyl (C=O) groups is 1. The molecule has 21 heavy (non-hydrogen) atoms. The van der Waals surface area contributed by atoms with Gasteiger partial charge in [-0.3, -0.25) is 4.79 Å². The number of benzene rings is 1. The van der Waals surface area contributed by atoms with Crippen LogP contribution in [0, 0.1) is 5.41 Å². The largest absolute Gasteiger partial charge is 0.384 e. The average Bonchev–Trinajstić information content (AvgIpc) is 2.49. The van der Waals surface area contributed by atoms with Crippen LogP contribution in [0.2, 0.25) is 10.0 Å². The van der Waals surface area contributed by atoms with Crippen molar-refractivity contribution in [3.63, 3.8) is 0 Å². The van der Waals surface area contributed by atoms with E-state index in [4.69, 9.17) is 27.9 Å². The van der Waals surface area contributed by atoms with E-state index in [2.05, 4.69) is 10.6 Å². The van der Waals surface area contributed by atoms with Crippen LogP contribution in [0.4, 0.5) is 0 Å². The summed E-state index contributed by atoms with van der Waals surface area (Å²) in [5.74, 6) is -0.137. The molecule has 1 aromatic carbocycles. The Bertz CT molecular complexity index is 497. The van der Waals surface area contributed by atoms with Crippen LogP contribution in [0.15, 0.2) is 18.2 Å². The summed E-state index contributed by atoms with van der Waals surface area (Å²) in [5, 5.41) is 7.16. The zero-order chi connectivity index (χ0) is 15.3. The second kappa shape index (κ2) is 7.45. The molecule has 1 aromatic rings. The highest BCUT2D eigenvalue weighted by molar-refractivity contribution is 6.42. The molecule has 1 amide bonds. The molecule has 0 aromatic heterocycles. The van der Waals surface area contributed by atoms with Gasteiger partial charge < -0.3 is 15.4 Å². The molecular formula is C15H20Cl2N2O2. The SMILES string of the molecule is COCC1(CNC(=O)c2ccc(Cl)c(Cl)c2)CCNCC1. The zero-order valence-corrected chi connectivity index (χ0v) is 13.6. The number of hydrogen-bond acceptors (Lipinski definition) is 3. The Labute approximate surface area is 135 Å². The molecular weight excluding hydrogens is 311 g/mol. The first-order chi connectivity index (χ1) is 10.1. The van der Waals surface area contributed by atoms with E-state index >= 15 is 0 Å². The highest BCUT2D eigenvalue weighted by Crippen LogP contribution is 2.28. The minimum atomic E-state index is -0.137. The summed E-state index contributed by atoms with van der Waals surface area (Å²) < 4.78 is 5.34. The third kappa shape index (κ3) is 4.33. The summed E-state index contributed by atoms with van der Waals surface area (Å²) >= 11 is 11.8. The Morgan fingerprint density at radius 2 is 2.05 bits per heavy atom. The van der Waals surface area contributed by atoms with Crippen LogP contribution in [-0.4, -0.2) is 39.3 Å². The van der Waals surface area contributed by atoms with Crippen LogP contribution in [0.5, 0.6) is 0 Å². The third-order valence-electron chi connectivity index (χ3n) is 3.92. The van der Waals surface area contributed by atoms with Gasteiger partial charge in [-0.1, -0.05) is 23.2 Å². The summed E-state index contributed by atoms with van der Waals surface area (Å²) in [7, 11) is 1.70. The fourth-order valence-electron chi connectivity index (χ4n) is 2.64. The van der Waals surface area contributed by atoms with Crippen molar-refractivity contribution >= 4 is 29.1 Å². The van der Waals surface area contributed by atoms with Crippen LogP contribution in [0.1, 0.15) is 23.2 Å². The molecule has 1 saturated heterocycles. The maximum atomic E-state index is 12.2. The van der Waals surface area contributed by atoms with Gasteiger partial charge in [0, 0.05) is 24.6 Å². The molecule has 1 fully saturated rings. The first kappa shape index (κ1) is 16.6. The van der Waals surface area contributed by atoms with Crippen molar-refractivity contribution in [2.24, 2.45) is 5.41 Å². The number of nitrogens with one attached hydrogen (secondary N) is 2. The van der Waals surface area contributed by atoms with Crippen molar-refractivity contribution in [3.8, 4) is 0 Å². The maximum Gasteiger partial charge on any atom is 0.251 e. The molecule has 6 heteroatoms. The highest BCUT2D eigenvalue weighted by Gasteiger charge is 2.32. The molecule has 2 rings (SSSR count). The Hall–Kier alpha value is -0.810. The van der Waals surface area contributed by atoms with E-state index in [0.717, 1.165) is 25.9 Å². The molecule has 0 unspecified atom stereocenters. The van der Waals surface area contributed by atoms with Crippen molar-refractivity contribution in [2.45, 2.75) is 12.8 Å². The van der Waals surface area contributed by atoms with Gasteiger partial charge in [-0.05, 0) is 44.1 Å². The molecule has 0 spiro atoms. The van der Waals surface area contributed by atoms with Crippen LogP contribution in [0.3, 0.4) is 0 Å².